The van der Waals surface area contributed by atoms with E-state index in [0.717, 1.165) is 6.08 Å². The topological polar surface area (TPSA) is 59.2 Å². The molecule has 0 unspecified atom stereocenters. The third kappa shape index (κ3) is 4.03. The van der Waals surface area contributed by atoms with Gasteiger partial charge in [0, 0.05) is 17.3 Å². The maximum atomic E-state index is 14.2. The zero-order valence-electron chi connectivity index (χ0n) is 13.3. The highest BCUT2D eigenvalue weighted by molar-refractivity contribution is 6.00. The molecule has 0 saturated carbocycles. The Morgan fingerprint density at radius 2 is 2.04 bits per heavy atom. The standard InChI is InChI=1S/C17H19F2NO3/c1-5-7-12-15(17(22)23-4)14(9-21)20-16(12)10(3)13(19)8-11(18)6-2/h6,8-9,20H,2,5,7H2,1,3-4H3/b11-8+,13-10-. The summed E-state index contributed by atoms with van der Waals surface area (Å²) in [6, 6.07) is 0. The zero-order valence-corrected chi connectivity index (χ0v) is 13.3. The minimum absolute atomic E-state index is 0.00984. The molecule has 0 atom stereocenters. The van der Waals surface area contributed by atoms with Crippen molar-refractivity contribution < 1.29 is 23.1 Å². The van der Waals surface area contributed by atoms with Crippen LogP contribution in [0.2, 0.25) is 0 Å². The molecule has 0 spiro atoms. The third-order valence-electron chi connectivity index (χ3n) is 3.33. The van der Waals surface area contributed by atoms with E-state index in [0.29, 0.717) is 30.8 Å². The molecule has 0 aromatic carbocycles. The first-order chi connectivity index (χ1) is 10.9. The van der Waals surface area contributed by atoms with Crippen molar-refractivity contribution >= 4 is 17.8 Å². The number of methoxy groups -OCH3 is 1. The second-order valence-electron chi connectivity index (χ2n) is 4.83. The second kappa shape index (κ2) is 8.22. The Kier molecular flexibility index (Phi) is 6.63. The Bertz CT molecular complexity index is 684. The molecule has 0 radical (unpaired) electrons. The van der Waals surface area contributed by atoms with E-state index in [4.69, 9.17) is 0 Å². The van der Waals surface area contributed by atoms with Crippen LogP contribution in [0.1, 0.15) is 52.4 Å². The average molecular weight is 323 g/mol. The molecule has 1 aromatic heterocycles. The molecular formula is C17H19F2NO3. The van der Waals surface area contributed by atoms with E-state index in [9.17, 15) is 18.4 Å². The van der Waals surface area contributed by atoms with Crippen molar-refractivity contribution in [1.82, 2.24) is 4.98 Å². The summed E-state index contributed by atoms with van der Waals surface area (Å²) in [5, 5.41) is 0. The second-order valence-corrected chi connectivity index (χ2v) is 4.83. The van der Waals surface area contributed by atoms with Gasteiger partial charge in [-0.1, -0.05) is 19.9 Å². The van der Waals surface area contributed by atoms with Gasteiger partial charge in [0.25, 0.3) is 0 Å². The Balaban J connectivity index is 3.61. The molecule has 0 saturated heterocycles. The maximum absolute atomic E-state index is 14.2. The van der Waals surface area contributed by atoms with Gasteiger partial charge in [-0.05, 0) is 25.0 Å². The molecule has 0 bridgehead atoms. The van der Waals surface area contributed by atoms with Gasteiger partial charge in [-0.25, -0.2) is 13.6 Å². The fraction of sp³-hybridized carbons (Fsp3) is 0.294. The van der Waals surface area contributed by atoms with Gasteiger partial charge in [0.2, 0.25) is 0 Å². The zero-order chi connectivity index (χ0) is 17.6. The molecule has 1 aromatic rings. The van der Waals surface area contributed by atoms with Crippen molar-refractivity contribution in [2.45, 2.75) is 26.7 Å². The van der Waals surface area contributed by atoms with Gasteiger partial charge < -0.3 is 9.72 Å². The van der Waals surface area contributed by atoms with Gasteiger partial charge in [-0.3, -0.25) is 4.79 Å². The van der Waals surface area contributed by atoms with Crippen LogP contribution < -0.4 is 0 Å². The van der Waals surface area contributed by atoms with Crippen molar-refractivity contribution in [2.24, 2.45) is 0 Å². The van der Waals surface area contributed by atoms with Crippen molar-refractivity contribution in [1.29, 1.82) is 0 Å². The van der Waals surface area contributed by atoms with E-state index in [1.54, 1.807) is 0 Å². The molecule has 0 aliphatic carbocycles. The van der Waals surface area contributed by atoms with Gasteiger partial charge >= 0.3 is 5.97 Å². The largest absolute Gasteiger partial charge is 0.465 e. The summed E-state index contributed by atoms with van der Waals surface area (Å²) in [5.74, 6) is -2.33. The molecule has 4 nitrogen and oxygen atoms in total. The summed E-state index contributed by atoms with van der Waals surface area (Å²) in [7, 11) is 1.20. The van der Waals surface area contributed by atoms with Crippen LogP contribution in [0, 0.1) is 0 Å². The number of nitrogens with one attached hydrogen (secondary N) is 1. The number of ether oxygens (including phenoxy) is 1. The molecule has 1 rings (SSSR count). The predicted molar refractivity (Wildman–Crippen MR) is 84.6 cm³/mol. The van der Waals surface area contributed by atoms with Crippen molar-refractivity contribution in [3.8, 4) is 0 Å². The highest BCUT2D eigenvalue weighted by Gasteiger charge is 2.24. The molecule has 6 heteroatoms. The van der Waals surface area contributed by atoms with E-state index < -0.39 is 17.6 Å². The summed E-state index contributed by atoms with van der Waals surface area (Å²) in [5.41, 5.74) is 0.931. The molecule has 124 valence electrons. The lowest BCUT2D eigenvalue weighted by Crippen LogP contribution is -2.07. The number of esters is 1. The smallest absolute Gasteiger partial charge is 0.340 e. The van der Waals surface area contributed by atoms with Crippen molar-refractivity contribution in [2.75, 3.05) is 7.11 Å². The number of hydrogen-bond acceptors (Lipinski definition) is 3. The Morgan fingerprint density at radius 3 is 2.52 bits per heavy atom. The van der Waals surface area contributed by atoms with E-state index in [-0.39, 0.29) is 22.5 Å². The number of rotatable bonds is 7. The average Bonchev–Trinajstić information content (AvgIpc) is 2.91. The molecule has 1 N–H and O–H groups in total. The summed E-state index contributed by atoms with van der Waals surface area (Å²) in [6.45, 7) is 6.52. The highest BCUT2D eigenvalue weighted by atomic mass is 19.1. The van der Waals surface area contributed by atoms with E-state index in [1.807, 2.05) is 6.92 Å². The lowest BCUT2D eigenvalue weighted by Gasteiger charge is -2.06. The molecule has 23 heavy (non-hydrogen) atoms. The van der Waals surface area contributed by atoms with Gasteiger partial charge in [-0.15, -0.1) is 0 Å². The van der Waals surface area contributed by atoms with Crippen LogP contribution in [-0.2, 0) is 11.2 Å². The maximum Gasteiger partial charge on any atom is 0.340 e. The van der Waals surface area contributed by atoms with Crippen LogP contribution in [0.5, 0.6) is 0 Å². The number of hydrogen-bond donors (Lipinski definition) is 1. The molecule has 0 aliphatic rings. The fourth-order valence-electron chi connectivity index (χ4n) is 2.21. The number of halogens is 2. The highest BCUT2D eigenvalue weighted by Crippen LogP contribution is 2.29. The lowest BCUT2D eigenvalue weighted by atomic mass is 10.00. The number of carbonyl (C=O) groups is 2. The summed E-state index contributed by atoms with van der Waals surface area (Å²) >= 11 is 0. The van der Waals surface area contributed by atoms with Gasteiger partial charge in [-0.2, -0.15) is 0 Å². The number of allylic oxidation sites excluding steroid dienone is 5. The van der Waals surface area contributed by atoms with E-state index in [1.165, 1.54) is 14.0 Å². The van der Waals surface area contributed by atoms with Gasteiger partial charge in [0.15, 0.2) is 6.29 Å². The molecule has 0 amide bonds. The first-order valence-corrected chi connectivity index (χ1v) is 7.05. The Hall–Kier alpha value is -2.50. The van der Waals surface area contributed by atoms with Crippen molar-refractivity contribution in [3.05, 3.63) is 52.9 Å². The lowest BCUT2D eigenvalue weighted by molar-refractivity contribution is 0.0597. The summed E-state index contributed by atoms with van der Waals surface area (Å²) < 4.78 is 32.0. The van der Waals surface area contributed by atoms with Crippen LogP contribution >= 0.6 is 0 Å². The van der Waals surface area contributed by atoms with Crippen LogP contribution in [0.25, 0.3) is 5.57 Å². The summed E-state index contributed by atoms with van der Waals surface area (Å²) in [6.07, 6.45) is 3.14. The third-order valence-corrected chi connectivity index (χ3v) is 3.33. The monoisotopic (exact) mass is 323 g/mol. The first-order valence-electron chi connectivity index (χ1n) is 7.05. The SMILES string of the molecule is C=C/C(F)=C\C(F)=C(/C)c1[nH]c(C=O)c(C(=O)OC)c1CCC. The van der Waals surface area contributed by atoms with Gasteiger partial charge in [0.05, 0.1) is 18.4 Å². The van der Waals surface area contributed by atoms with Crippen LogP contribution in [-0.4, -0.2) is 24.3 Å². The number of carbonyl (C=O) groups excluding carboxylic acids is 2. The van der Waals surface area contributed by atoms with Crippen LogP contribution in [0.3, 0.4) is 0 Å². The molecule has 0 fully saturated rings. The minimum atomic E-state index is -0.825. The van der Waals surface area contributed by atoms with Crippen LogP contribution in [0.15, 0.2) is 30.4 Å². The number of H-pyrrole nitrogens is 1. The van der Waals surface area contributed by atoms with Crippen LogP contribution in [0.4, 0.5) is 8.78 Å². The first kappa shape index (κ1) is 18.5. The summed E-state index contributed by atoms with van der Waals surface area (Å²) in [4.78, 5) is 25.9. The van der Waals surface area contributed by atoms with E-state index >= 15 is 0 Å². The number of aromatic amines is 1. The van der Waals surface area contributed by atoms with Gasteiger partial charge in [0.1, 0.15) is 11.7 Å². The minimum Gasteiger partial charge on any atom is -0.465 e. The number of aldehydes is 1. The quantitative estimate of drug-likeness (QED) is 0.462. The Morgan fingerprint density at radius 1 is 1.39 bits per heavy atom. The van der Waals surface area contributed by atoms with E-state index in [2.05, 4.69) is 16.3 Å². The normalized spacial score (nSPS) is 12.7. The molecular weight excluding hydrogens is 304 g/mol. The van der Waals surface area contributed by atoms with Crippen molar-refractivity contribution in [3.63, 3.8) is 0 Å². The fourth-order valence-corrected chi connectivity index (χ4v) is 2.21. The number of aromatic nitrogens is 1. The predicted octanol–water partition coefficient (Wildman–Crippen LogP) is 4.31. The molecule has 1 heterocycles. The Labute approximate surface area is 133 Å². The molecule has 0 aliphatic heterocycles.